The van der Waals surface area contributed by atoms with Gasteiger partial charge in [0.15, 0.2) is 11.6 Å². The second kappa shape index (κ2) is 9.46. The van der Waals surface area contributed by atoms with Gasteiger partial charge in [-0.05, 0) is 25.7 Å². The lowest BCUT2D eigenvalue weighted by Crippen LogP contribution is -2.34. The molecule has 2 heterocycles. The maximum absolute atomic E-state index is 9.06. The van der Waals surface area contributed by atoms with E-state index in [1.54, 1.807) is 0 Å². The zero-order valence-corrected chi connectivity index (χ0v) is 16.1. The van der Waals surface area contributed by atoms with Crippen LogP contribution in [0, 0.1) is 11.8 Å². The summed E-state index contributed by atoms with van der Waals surface area (Å²) in [7, 11) is 0. The molecule has 2 unspecified atom stereocenters. The van der Waals surface area contributed by atoms with Gasteiger partial charge in [-0.3, -0.25) is 0 Å². The van der Waals surface area contributed by atoms with E-state index in [4.69, 9.17) is 29.2 Å². The first-order valence-electron chi connectivity index (χ1n) is 8.96. The Morgan fingerprint density at radius 1 is 0.833 bits per heavy atom. The molecule has 0 aromatic rings. The lowest BCUT2D eigenvalue weighted by molar-refractivity contribution is -0.191. The molecular weight excluding hydrogens is 312 g/mol. The van der Waals surface area contributed by atoms with Crippen molar-refractivity contribution in [3.63, 3.8) is 0 Å². The summed E-state index contributed by atoms with van der Waals surface area (Å²) in [5.41, 5.74) is 0. The van der Waals surface area contributed by atoms with Crippen LogP contribution in [0.25, 0.3) is 0 Å². The summed E-state index contributed by atoms with van der Waals surface area (Å²) in [4.78, 5) is 0. The van der Waals surface area contributed by atoms with Crippen LogP contribution in [-0.4, -0.2) is 60.4 Å². The van der Waals surface area contributed by atoms with E-state index in [-0.39, 0.29) is 25.4 Å². The largest absolute Gasteiger partial charge is 0.394 e. The molecule has 144 valence electrons. The topological polar surface area (TPSA) is 77.4 Å². The quantitative estimate of drug-likeness (QED) is 0.767. The Morgan fingerprint density at radius 3 is 1.58 bits per heavy atom. The summed E-state index contributed by atoms with van der Waals surface area (Å²) in [6.07, 6.45) is 1.55. The van der Waals surface area contributed by atoms with Crippen molar-refractivity contribution in [1.29, 1.82) is 0 Å². The minimum absolute atomic E-state index is 0.0451. The monoisotopic (exact) mass is 348 g/mol. The molecule has 2 aliphatic heterocycles. The molecule has 0 aromatic carbocycles. The van der Waals surface area contributed by atoms with Gasteiger partial charge in [0.1, 0.15) is 12.2 Å². The van der Waals surface area contributed by atoms with Gasteiger partial charge in [-0.1, -0.05) is 27.7 Å². The Kier molecular flexibility index (Phi) is 8.59. The van der Waals surface area contributed by atoms with Crippen LogP contribution in [0.1, 0.15) is 54.4 Å². The van der Waals surface area contributed by atoms with E-state index in [0.29, 0.717) is 25.0 Å². The lowest BCUT2D eigenvalue weighted by atomic mass is 9.94. The zero-order valence-electron chi connectivity index (χ0n) is 16.1. The van der Waals surface area contributed by atoms with Crippen LogP contribution in [-0.2, 0) is 18.9 Å². The summed E-state index contributed by atoms with van der Waals surface area (Å²) in [6.45, 7) is 13.5. The summed E-state index contributed by atoms with van der Waals surface area (Å²) in [5, 5.41) is 17.7. The molecule has 24 heavy (non-hydrogen) atoms. The van der Waals surface area contributed by atoms with E-state index in [9.17, 15) is 0 Å². The van der Waals surface area contributed by atoms with Crippen molar-refractivity contribution in [2.75, 3.05) is 26.4 Å². The first-order valence-corrected chi connectivity index (χ1v) is 8.96. The van der Waals surface area contributed by atoms with Crippen LogP contribution in [0.5, 0.6) is 0 Å². The Hall–Kier alpha value is -0.240. The number of aliphatic hydroxyl groups excluding tert-OH is 2. The molecule has 0 amide bonds. The molecule has 0 spiro atoms. The molecule has 2 rings (SSSR count). The van der Waals surface area contributed by atoms with Gasteiger partial charge in [0.25, 0.3) is 0 Å². The SMILES string of the molecule is CC(C)CC1(CC(C)C)OCC(CO)O1.CC1(C)OCC(CO)O1. The van der Waals surface area contributed by atoms with Crippen molar-refractivity contribution in [2.24, 2.45) is 11.8 Å². The minimum Gasteiger partial charge on any atom is -0.394 e. The standard InChI is InChI=1S/C12H24O3.C6H12O3/c1-9(2)5-12(6-10(3)4)14-8-11(7-13)15-12;1-6(2)8-4-5(3-7)9-6/h9-11,13H,5-8H2,1-4H3;5,7H,3-4H2,1-2H3. The second-order valence-corrected chi connectivity index (χ2v) is 7.97. The van der Waals surface area contributed by atoms with Crippen LogP contribution < -0.4 is 0 Å². The predicted molar refractivity (Wildman–Crippen MR) is 91.5 cm³/mol. The summed E-state index contributed by atoms with van der Waals surface area (Å²) in [6, 6.07) is 0. The number of rotatable bonds is 6. The molecule has 6 heteroatoms. The molecule has 0 radical (unpaired) electrons. The van der Waals surface area contributed by atoms with E-state index in [0.717, 1.165) is 12.8 Å². The summed E-state index contributed by atoms with van der Waals surface area (Å²) < 4.78 is 22.0. The highest BCUT2D eigenvalue weighted by molar-refractivity contribution is 4.81. The summed E-state index contributed by atoms with van der Waals surface area (Å²) in [5.74, 6) is 0.144. The van der Waals surface area contributed by atoms with Crippen LogP contribution in [0.3, 0.4) is 0 Å². The van der Waals surface area contributed by atoms with Gasteiger partial charge >= 0.3 is 0 Å². The van der Waals surface area contributed by atoms with E-state index in [2.05, 4.69) is 27.7 Å². The highest BCUT2D eigenvalue weighted by Gasteiger charge is 2.41. The normalized spacial score (nSPS) is 28.2. The van der Waals surface area contributed by atoms with Gasteiger partial charge in [0.05, 0.1) is 26.4 Å². The first kappa shape index (κ1) is 21.8. The fourth-order valence-electron chi connectivity index (χ4n) is 3.10. The van der Waals surface area contributed by atoms with Crippen LogP contribution in [0.2, 0.25) is 0 Å². The Morgan fingerprint density at radius 2 is 1.29 bits per heavy atom. The van der Waals surface area contributed by atoms with Gasteiger partial charge in [-0.15, -0.1) is 0 Å². The van der Waals surface area contributed by atoms with Crippen LogP contribution in [0.15, 0.2) is 0 Å². The van der Waals surface area contributed by atoms with Gasteiger partial charge < -0.3 is 29.2 Å². The number of hydrogen-bond acceptors (Lipinski definition) is 6. The Labute approximate surface area is 146 Å². The highest BCUT2D eigenvalue weighted by Crippen LogP contribution is 2.35. The molecule has 2 atom stereocenters. The average molecular weight is 348 g/mol. The number of hydrogen-bond donors (Lipinski definition) is 2. The minimum atomic E-state index is -0.493. The van der Waals surface area contributed by atoms with Gasteiger partial charge in [0.2, 0.25) is 0 Å². The van der Waals surface area contributed by atoms with Crippen molar-refractivity contribution in [1.82, 2.24) is 0 Å². The zero-order chi connectivity index (χ0) is 18.4. The molecule has 0 aliphatic carbocycles. The third kappa shape index (κ3) is 7.33. The van der Waals surface area contributed by atoms with Crippen molar-refractivity contribution in [3.05, 3.63) is 0 Å². The van der Waals surface area contributed by atoms with E-state index >= 15 is 0 Å². The Bertz CT molecular complexity index is 345. The molecule has 0 aromatic heterocycles. The molecule has 6 nitrogen and oxygen atoms in total. The predicted octanol–water partition coefficient (Wildman–Crippen LogP) is 2.31. The van der Waals surface area contributed by atoms with Gasteiger partial charge in [-0.2, -0.15) is 0 Å². The average Bonchev–Trinajstić information content (AvgIpc) is 3.01. The number of aliphatic hydroxyl groups is 2. The van der Waals surface area contributed by atoms with Crippen molar-refractivity contribution >= 4 is 0 Å². The van der Waals surface area contributed by atoms with E-state index in [1.165, 1.54) is 0 Å². The maximum atomic E-state index is 9.06. The maximum Gasteiger partial charge on any atom is 0.169 e. The van der Waals surface area contributed by atoms with Crippen LogP contribution in [0.4, 0.5) is 0 Å². The molecule has 2 N–H and O–H groups in total. The fourth-order valence-corrected chi connectivity index (χ4v) is 3.10. The number of ether oxygens (including phenoxy) is 4. The third-order valence-electron chi connectivity index (χ3n) is 3.83. The molecule has 0 bridgehead atoms. The van der Waals surface area contributed by atoms with Gasteiger partial charge in [0, 0.05) is 12.8 Å². The molecule has 2 aliphatic rings. The van der Waals surface area contributed by atoms with Crippen molar-refractivity contribution < 1.29 is 29.2 Å². The van der Waals surface area contributed by atoms with Crippen molar-refractivity contribution in [3.8, 4) is 0 Å². The van der Waals surface area contributed by atoms with Crippen LogP contribution >= 0.6 is 0 Å². The summed E-state index contributed by atoms with van der Waals surface area (Å²) >= 11 is 0. The molecule has 2 saturated heterocycles. The third-order valence-corrected chi connectivity index (χ3v) is 3.83. The van der Waals surface area contributed by atoms with E-state index in [1.807, 2.05) is 13.8 Å². The lowest BCUT2D eigenvalue weighted by Gasteiger charge is -2.31. The Balaban J connectivity index is 0.000000272. The molecule has 2 fully saturated rings. The molecular formula is C18H36O6. The van der Waals surface area contributed by atoms with E-state index < -0.39 is 11.6 Å². The fraction of sp³-hybridized carbons (Fsp3) is 1.00. The molecule has 0 saturated carbocycles. The van der Waals surface area contributed by atoms with Crippen molar-refractivity contribution in [2.45, 2.75) is 78.2 Å². The van der Waals surface area contributed by atoms with Gasteiger partial charge in [-0.25, -0.2) is 0 Å². The smallest absolute Gasteiger partial charge is 0.169 e. The second-order valence-electron chi connectivity index (χ2n) is 7.97. The first-order chi connectivity index (χ1) is 11.1. The highest BCUT2D eigenvalue weighted by atomic mass is 16.8.